The molecule has 1 heterocycles. The number of hydrogen-bond donors (Lipinski definition) is 0. The van der Waals surface area contributed by atoms with E-state index in [1.165, 1.54) is 0 Å². The topological polar surface area (TPSA) is 6.48 Å². The van der Waals surface area contributed by atoms with E-state index >= 15 is 0 Å². The number of hydrazine groups is 1. The summed E-state index contributed by atoms with van der Waals surface area (Å²) in [6.45, 7) is 0. The molecule has 1 unspecified atom stereocenters. The molecule has 1 rings (SSSR count). The Morgan fingerprint density at radius 1 is 1.30 bits per heavy atom. The second-order valence-corrected chi connectivity index (χ2v) is 3.71. The van der Waals surface area contributed by atoms with Crippen LogP contribution < -0.4 is 0 Å². The largest absolute Gasteiger partial charge is 0.307 e. The van der Waals surface area contributed by atoms with Crippen molar-refractivity contribution in [1.29, 1.82) is 0 Å². The smallest absolute Gasteiger partial charge is 0.0236 e. The highest BCUT2D eigenvalue weighted by Crippen LogP contribution is 2.20. The lowest BCUT2D eigenvalue weighted by molar-refractivity contribution is 0.212. The van der Waals surface area contributed by atoms with Gasteiger partial charge < -0.3 is 5.01 Å². The van der Waals surface area contributed by atoms with Gasteiger partial charge in [-0.2, -0.15) is 4.41 Å². The lowest BCUT2D eigenvalue weighted by Crippen LogP contribution is -2.26. The van der Waals surface area contributed by atoms with Gasteiger partial charge in [0.05, 0.1) is 0 Å². The van der Waals surface area contributed by atoms with Crippen molar-refractivity contribution in [2.24, 2.45) is 0 Å². The van der Waals surface area contributed by atoms with Crippen LogP contribution in [0.15, 0.2) is 23.8 Å². The maximum atomic E-state index is 3.97. The van der Waals surface area contributed by atoms with E-state index in [2.05, 4.69) is 15.7 Å². The average molecular weight is 156 g/mol. The fourth-order valence-corrected chi connectivity index (χ4v) is 1.49. The number of allylic oxidation sites excluding steroid dienone is 2. The highest BCUT2D eigenvalue weighted by Gasteiger charge is 2.02. The minimum absolute atomic E-state index is 0.0162. The fraction of sp³-hybridized carbons (Fsp3) is 0.286. The molecule has 2 nitrogen and oxygen atoms in total. The molecule has 0 N–H and O–H groups in total. The van der Waals surface area contributed by atoms with Crippen molar-refractivity contribution < 1.29 is 0 Å². The Kier molecular flexibility index (Phi) is 2.29. The minimum atomic E-state index is -0.0162. The molecule has 0 aromatic carbocycles. The Balaban J connectivity index is 2.79. The fourth-order valence-electron chi connectivity index (χ4n) is 0.658. The zero-order valence-electron chi connectivity index (χ0n) is 6.32. The van der Waals surface area contributed by atoms with E-state index in [1.54, 1.807) is 0 Å². The molecule has 0 aromatic rings. The Labute approximate surface area is 64.5 Å². The van der Waals surface area contributed by atoms with Crippen molar-refractivity contribution >= 4 is 16.5 Å². The highest BCUT2D eigenvalue weighted by atomic mass is 32.2. The van der Waals surface area contributed by atoms with Gasteiger partial charge >= 0.3 is 0 Å². The van der Waals surface area contributed by atoms with Crippen molar-refractivity contribution in [2.75, 3.05) is 14.1 Å². The lowest BCUT2D eigenvalue weighted by Gasteiger charge is -2.26. The summed E-state index contributed by atoms with van der Waals surface area (Å²) in [4.78, 5) is 0. The monoisotopic (exact) mass is 156 g/mol. The van der Waals surface area contributed by atoms with Crippen molar-refractivity contribution in [1.82, 2.24) is 9.42 Å². The van der Waals surface area contributed by atoms with Crippen molar-refractivity contribution in [3.63, 3.8) is 0 Å². The summed E-state index contributed by atoms with van der Waals surface area (Å²) in [6.07, 6.45) is 6.04. The van der Waals surface area contributed by atoms with E-state index in [0.717, 1.165) is 0 Å². The Hall–Kier alpha value is -0.540. The van der Waals surface area contributed by atoms with Crippen LogP contribution in [0.5, 0.6) is 0 Å². The molecule has 56 valence electrons. The van der Waals surface area contributed by atoms with Gasteiger partial charge in [-0.15, -0.1) is 0 Å². The highest BCUT2D eigenvalue weighted by molar-refractivity contribution is 8.14. The lowest BCUT2D eigenvalue weighted by atomic mass is 10.6. The third kappa shape index (κ3) is 1.49. The van der Waals surface area contributed by atoms with Crippen LogP contribution in [0.2, 0.25) is 0 Å². The molecule has 0 amide bonds. The summed E-state index contributed by atoms with van der Waals surface area (Å²) in [5.74, 6) is 3.97. The van der Waals surface area contributed by atoms with Crippen LogP contribution in [-0.2, 0) is 0 Å². The van der Waals surface area contributed by atoms with Gasteiger partial charge in [-0.25, -0.2) is 0 Å². The van der Waals surface area contributed by atoms with Crippen LogP contribution in [0.4, 0.5) is 0 Å². The zero-order chi connectivity index (χ0) is 7.56. The third-order valence-corrected chi connectivity index (χ3v) is 2.84. The maximum Gasteiger partial charge on any atom is 0.0236 e. The molecule has 1 aliphatic heterocycles. The quantitative estimate of drug-likeness (QED) is 0.489. The summed E-state index contributed by atoms with van der Waals surface area (Å²) >= 11 is 0. The molecule has 0 aromatic heterocycles. The molecule has 0 aliphatic carbocycles. The van der Waals surface area contributed by atoms with E-state index in [9.17, 15) is 0 Å². The molecular formula is C7H12N2S. The van der Waals surface area contributed by atoms with E-state index in [0.29, 0.717) is 0 Å². The minimum Gasteiger partial charge on any atom is -0.307 e. The molecule has 0 fully saturated rings. The van der Waals surface area contributed by atoms with Gasteiger partial charge in [0.1, 0.15) is 0 Å². The van der Waals surface area contributed by atoms with Crippen LogP contribution >= 0.6 is 10.7 Å². The molecule has 0 spiro atoms. The second-order valence-electron chi connectivity index (χ2n) is 2.11. The molecule has 0 saturated heterocycles. The first-order valence-electron chi connectivity index (χ1n) is 3.06. The van der Waals surface area contributed by atoms with E-state index in [4.69, 9.17) is 0 Å². The summed E-state index contributed by atoms with van der Waals surface area (Å²) in [6, 6.07) is 0. The molecule has 1 atom stereocenters. The Morgan fingerprint density at radius 3 is 2.70 bits per heavy atom. The van der Waals surface area contributed by atoms with Gasteiger partial charge in [0.15, 0.2) is 0 Å². The molecule has 0 bridgehead atoms. The second kappa shape index (κ2) is 3.03. The zero-order valence-corrected chi connectivity index (χ0v) is 7.14. The van der Waals surface area contributed by atoms with Crippen molar-refractivity contribution in [3.8, 4) is 0 Å². The first kappa shape index (κ1) is 7.57. The van der Waals surface area contributed by atoms with Gasteiger partial charge in [0, 0.05) is 20.3 Å². The summed E-state index contributed by atoms with van der Waals surface area (Å²) in [5.41, 5.74) is 0. The van der Waals surface area contributed by atoms with Gasteiger partial charge in [0.25, 0.3) is 0 Å². The summed E-state index contributed by atoms with van der Waals surface area (Å²) < 4.78 is 2.08. The Bertz CT molecular complexity index is 196. The van der Waals surface area contributed by atoms with E-state index < -0.39 is 0 Å². The number of hydrogen-bond acceptors (Lipinski definition) is 2. The molecule has 3 heteroatoms. The first-order valence-corrected chi connectivity index (χ1v) is 4.47. The van der Waals surface area contributed by atoms with Gasteiger partial charge in [-0.3, -0.25) is 0 Å². The molecular weight excluding hydrogens is 144 g/mol. The predicted molar refractivity (Wildman–Crippen MR) is 48.5 cm³/mol. The van der Waals surface area contributed by atoms with E-state index in [1.807, 2.05) is 37.5 Å². The van der Waals surface area contributed by atoms with Crippen LogP contribution in [0.3, 0.4) is 0 Å². The van der Waals surface area contributed by atoms with Crippen molar-refractivity contribution in [2.45, 2.75) is 0 Å². The van der Waals surface area contributed by atoms with Gasteiger partial charge in [-0.05, 0) is 11.5 Å². The predicted octanol–water partition coefficient (Wildman–Crippen LogP) is 1.42. The van der Waals surface area contributed by atoms with E-state index in [-0.39, 0.29) is 10.7 Å². The maximum absolute atomic E-state index is 3.97. The number of nitrogens with zero attached hydrogens (tertiary/aromatic N) is 2. The standard InChI is InChI=1S/C7H12N2S/c1-8-6-4-5-7-10(3)9(8)2/h4-7H,3H2,1-2H3. The summed E-state index contributed by atoms with van der Waals surface area (Å²) in [5, 5.41) is 4.11. The molecule has 0 saturated carbocycles. The summed E-state index contributed by atoms with van der Waals surface area (Å²) in [7, 11) is 4.02. The average Bonchev–Trinajstić information content (AvgIpc) is 2.04. The van der Waals surface area contributed by atoms with Gasteiger partial charge in [0.2, 0.25) is 0 Å². The third-order valence-electron chi connectivity index (χ3n) is 1.43. The first-order chi connectivity index (χ1) is 4.72. The van der Waals surface area contributed by atoms with Gasteiger partial charge in [-0.1, -0.05) is 22.6 Å². The van der Waals surface area contributed by atoms with Crippen LogP contribution in [-0.4, -0.2) is 29.4 Å². The van der Waals surface area contributed by atoms with Crippen LogP contribution in [0, 0.1) is 0 Å². The molecule has 10 heavy (non-hydrogen) atoms. The molecule has 1 aliphatic rings. The Morgan fingerprint density at radius 2 is 2.00 bits per heavy atom. The van der Waals surface area contributed by atoms with Crippen molar-refractivity contribution in [3.05, 3.63) is 23.8 Å². The SMILES string of the molecule is C=S1C=CC=CN(C)N1C. The number of rotatable bonds is 0. The molecule has 0 radical (unpaired) electrons. The van der Waals surface area contributed by atoms with Crippen LogP contribution in [0.1, 0.15) is 0 Å². The van der Waals surface area contributed by atoms with Crippen LogP contribution in [0.25, 0.3) is 0 Å². The normalized spacial score (nSPS) is 27.0.